The van der Waals surface area contributed by atoms with Crippen molar-refractivity contribution in [2.75, 3.05) is 11.9 Å². The first-order chi connectivity index (χ1) is 12.5. The summed E-state index contributed by atoms with van der Waals surface area (Å²) in [5.41, 5.74) is 1.43. The molecule has 9 nitrogen and oxygen atoms in total. The molecule has 0 atom stereocenters. The Morgan fingerprint density at radius 2 is 2.23 bits per heavy atom. The SMILES string of the molecule is CCOC(=O)Nc1cc(-c2ccco2)nn1-c1nc(C)c(CC)c(=O)[nH]1. The van der Waals surface area contributed by atoms with E-state index in [2.05, 4.69) is 20.4 Å². The van der Waals surface area contributed by atoms with Gasteiger partial charge in [-0.05, 0) is 32.4 Å². The standard InChI is InChI=1S/C17H19N5O4/c1-4-11-10(3)18-16(20-15(11)23)22-14(19-17(24)25-5-2)9-12(21-22)13-7-6-8-26-13/h6-9H,4-5H2,1-3H3,(H,19,24)(H,18,20,23). The lowest BCUT2D eigenvalue weighted by atomic mass is 10.2. The number of amides is 1. The highest BCUT2D eigenvalue weighted by Gasteiger charge is 2.18. The highest BCUT2D eigenvalue weighted by atomic mass is 16.5. The molecule has 26 heavy (non-hydrogen) atoms. The number of rotatable bonds is 5. The highest BCUT2D eigenvalue weighted by Crippen LogP contribution is 2.24. The van der Waals surface area contributed by atoms with E-state index in [9.17, 15) is 9.59 Å². The first-order valence-electron chi connectivity index (χ1n) is 8.21. The largest absolute Gasteiger partial charge is 0.463 e. The van der Waals surface area contributed by atoms with Gasteiger partial charge in [0, 0.05) is 17.3 Å². The van der Waals surface area contributed by atoms with Crippen molar-refractivity contribution < 1.29 is 13.9 Å². The second kappa shape index (κ2) is 7.26. The van der Waals surface area contributed by atoms with Gasteiger partial charge < -0.3 is 9.15 Å². The number of anilines is 1. The molecular formula is C17H19N5O4. The monoisotopic (exact) mass is 357 g/mol. The van der Waals surface area contributed by atoms with Gasteiger partial charge in [0.05, 0.1) is 12.9 Å². The van der Waals surface area contributed by atoms with Gasteiger partial charge in [-0.3, -0.25) is 15.1 Å². The van der Waals surface area contributed by atoms with Crippen LogP contribution in [0.1, 0.15) is 25.1 Å². The van der Waals surface area contributed by atoms with Crippen molar-refractivity contribution in [2.24, 2.45) is 0 Å². The maximum Gasteiger partial charge on any atom is 0.412 e. The van der Waals surface area contributed by atoms with E-state index < -0.39 is 6.09 Å². The summed E-state index contributed by atoms with van der Waals surface area (Å²) in [6.45, 7) is 5.57. The van der Waals surface area contributed by atoms with Gasteiger partial charge in [0.1, 0.15) is 11.5 Å². The third-order valence-electron chi connectivity index (χ3n) is 3.75. The van der Waals surface area contributed by atoms with Gasteiger partial charge in [-0.25, -0.2) is 9.78 Å². The highest BCUT2D eigenvalue weighted by molar-refractivity contribution is 5.84. The average Bonchev–Trinajstić information content (AvgIpc) is 3.24. The number of furan rings is 1. The molecule has 3 heterocycles. The van der Waals surface area contributed by atoms with E-state index in [-0.39, 0.29) is 18.1 Å². The molecule has 2 N–H and O–H groups in total. The van der Waals surface area contributed by atoms with Crippen LogP contribution in [0.3, 0.4) is 0 Å². The number of carbonyl (C=O) groups is 1. The molecule has 0 fully saturated rings. The van der Waals surface area contributed by atoms with Crippen molar-refractivity contribution in [3.05, 3.63) is 46.1 Å². The van der Waals surface area contributed by atoms with Crippen molar-refractivity contribution in [3.8, 4) is 17.4 Å². The van der Waals surface area contributed by atoms with Crippen LogP contribution in [0.5, 0.6) is 0 Å². The summed E-state index contributed by atoms with van der Waals surface area (Å²) in [6, 6.07) is 5.08. The normalized spacial score (nSPS) is 10.7. The number of aromatic nitrogens is 4. The van der Waals surface area contributed by atoms with Gasteiger partial charge in [0.2, 0.25) is 5.95 Å². The summed E-state index contributed by atoms with van der Waals surface area (Å²) in [7, 11) is 0. The topological polar surface area (TPSA) is 115 Å². The third kappa shape index (κ3) is 3.37. The Bertz CT molecular complexity index is 972. The van der Waals surface area contributed by atoms with Crippen molar-refractivity contribution in [1.82, 2.24) is 19.7 Å². The van der Waals surface area contributed by atoms with E-state index in [1.165, 1.54) is 10.9 Å². The Kier molecular flexibility index (Phi) is 4.87. The molecule has 0 bridgehead atoms. The predicted octanol–water partition coefficient (Wildman–Crippen LogP) is 2.65. The summed E-state index contributed by atoms with van der Waals surface area (Å²) < 4.78 is 11.6. The summed E-state index contributed by atoms with van der Waals surface area (Å²) in [6.07, 6.45) is 1.45. The van der Waals surface area contributed by atoms with Crippen LogP contribution in [0.25, 0.3) is 17.4 Å². The van der Waals surface area contributed by atoms with Gasteiger partial charge >= 0.3 is 6.09 Å². The smallest absolute Gasteiger partial charge is 0.412 e. The molecule has 3 rings (SSSR count). The van der Waals surface area contributed by atoms with E-state index in [0.29, 0.717) is 35.0 Å². The Morgan fingerprint density at radius 3 is 2.85 bits per heavy atom. The maximum atomic E-state index is 12.3. The molecule has 0 aliphatic heterocycles. The fourth-order valence-electron chi connectivity index (χ4n) is 2.56. The number of ether oxygens (including phenoxy) is 1. The minimum absolute atomic E-state index is 0.189. The van der Waals surface area contributed by atoms with E-state index in [1.54, 1.807) is 32.0 Å². The number of aryl methyl sites for hydroxylation is 1. The van der Waals surface area contributed by atoms with Crippen LogP contribution in [0.15, 0.2) is 33.7 Å². The molecule has 0 unspecified atom stereocenters. The summed E-state index contributed by atoms with van der Waals surface area (Å²) >= 11 is 0. The van der Waals surface area contributed by atoms with Gasteiger partial charge in [-0.2, -0.15) is 9.78 Å². The second-order valence-corrected chi connectivity index (χ2v) is 5.46. The molecule has 136 valence electrons. The Hall–Kier alpha value is -3.36. The number of H-pyrrole nitrogens is 1. The summed E-state index contributed by atoms with van der Waals surface area (Å²) in [4.78, 5) is 31.2. The molecule has 0 aliphatic carbocycles. The number of carbonyl (C=O) groups excluding carboxylic acids is 1. The molecular weight excluding hydrogens is 338 g/mol. The van der Waals surface area contributed by atoms with Crippen LogP contribution in [-0.4, -0.2) is 32.4 Å². The molecule has 9 heteroatoms. The lowest BCUT2D eigenvalue weighted by Crippen LogP contribution is -2.22. The fraction of sp³-hybridized carbons (Fsp3) is 0.294. The zero-order valence-corrected chi connectivity index (χ0v) is 14.7. The molecule has 3 aromatic rings. The molecule has 0 saturated carbocycles. The summed E-state index contributed by atoms with van der Waals surface area (Å²) in [5, 5.41) is 6.99. The average molecular weight is 357 g/mol. The fourth-order valence-corrected chi connectivity index (χ4v) is 2.56. The van der Waals surface area contributed by atoms with Crippen LogP contribution in [0.4, 0.5) is 10.6 Å². The lowest BCUT2D eigenvalue weighted by molar-refractivity contribution is 0.167. The molecule has 0 radical (unpaired) electrons. The Labute approximate surface area is 149 Å². The van der Waals surface area contributed by atoms with Crippen molar-refractivity contribution in [3.63, 3.8) is 0 Å². The van der Waals surface area contributed by atoms with Crippen LogP contribution in [-0.2, 0) is 11.2 Å². The van der Waals surface area contributed by atoms with Gasteiger partial charge in [-0.1, -0.05) is 6.92 Å². The minimum atomic E-state index is -0.635. The predicted molar refractivity (Wildman–Crippen MR) is 94.4 cm³/mol. The Morgan fingerprint density at radius 1 is 1.42 bits per heavy atom. The van der Waals surface area contributed by atoms with Gasteiger partial charge in [0.25, 0.3) is 5.56 Å². The summed E-state index contributed by atoms with van der Waals surface area (Å²) in [5.74, 6) is 0.996. The quantitative estimate of drug-likeness (QED) is 0.725. The minimum Gasteiger partial charge on any atom is -0.463 e. The second-order valence-electron chi connectivity index (χ2n) is 5.46. The van der Waals surface area contributed by atoms with Crippen molar-refractivity contribution in [2.45, 2.75) is 27.2 Å². The molecule has 3 aromatic heterocycles. The van der Waals surface area contributed by atoms with Crippen LogP contribution >= 0.6 is 0 Å². The van der Waals surface area contributed by atoms with Gasteiger partial charge in [-0.15, -0.1) is 0 Å². The van der Waals surface area contributed by atoms with E-state index in [4.69, 9.17) is 9.15 Å². The first kappa shape index (κ1) is 17.5. The Balaban J connectivity index is 2.10. The zero-order chi connectivity index (χ0) is 18.7. The van der Waals surface area contributed by atoms with Crippen LogP contribution in [0.2, 0.25) is 0 Å². The lowest BCUT2D eigenvalue weighted by Gasteiger charge is -2.09. The molecule has 0 spiro atoms. The van der Waals surface area contributed by atoms with E-state index in [1.807, 2.05) is 6.92 Å². The van der Waals surface area contributed by atoms with Crippen molar-refractivity contribution in [1.29, 1.82) is 0 Å². The van der Waals surface area contributed by atoms with Crippen molar-refractivity contribution >= 4 is 11.9 Å². The van der Waals surface area contributed by atoms with Crippen LogP contribution in [0, 0.1) is 6.92 Å². The number of hydrogen-bond acceptors (Lipinski definition) is 6. The molecule has 0 aliphatic rings. The molecule has 0 saturated heterocycles. The zero-order valence-electron chi connectivity index (χ0n) is 14.7. The van der Waals surface area contributed by atoms with Crippen LogP contribution < -0.4 is 10.9 Å². The number of hydrogen-bond donors (Lipinski definition) is 2. The van der Waals surface area contributed by atoms with E-state index in [0.717, 1.165) is 0 Å². The van der Waals surface area contributed by atoms with E-state index >= 15 is 0 Å². The maximum absolute atomic E-state index is 12.3. The molecule has 0 aromatic carbocycles. The van der Waals surface area contributed by atoms with Gasteiger partial charge in [0.15, 0.2) is 5.76 Å². The number of aromatic amines is 1. The molecule has 1 amide bonds. The number of nitrogens with zero attached hydrogens (tertiary/aromatic N) is 3. The third-order valence-corrected chi connectivity index (χ3v) is 3.75. The first-order valence-corrected chi connectivity index (χ1v) is 8.21. The number of nitrogens with one attached hydrogen (secondary N) is 2.